The lowest BCUT2D eigenvalue weighted by Gasteiger charge is -2.09. The van der Waals surface area contributed by atoms with E-state index in [1.165, 1.54) is 10.9 Å². The molecule has 0 aromatic carbocycles. The highest BCUT2D eigenvalue weighted by atomic mass is 35.5. The summed E-state index contributed by atoms with van der Waals surface area (Å²) in [5, 5.41) is 6.75. The fourth-order valence-electron chi connectivity index (χ4n) is 0.911. The van der Waals surface area contributed by atoms with Crippen molar-refractivity contribution in [3.05, 3.63) is 11.2 Å². The number of hydrogen-bond donors (Lipinski definition) is 2. The van der Waals surface area contributed by atoms with Crippen molar-refractivity contribution >= 4 is 23.3 Å². The van der Waals surface area contributed by atoms with Gasteiger partial charge in [-0.2, -0.15) is 5.10 Å². The summed E-state index contributed by atoms with van der Waals surface area (Å²) >= 11 is 5.68. The number of hydrogen-bond acceptors (Lipinski definition) is 3. The van der Waals surface area contributed by atoms with Gasteiger partial charge in [0.15, 0.2) is 5.82 Å². The van der Waals surface area contributed by atoms with Crippen molar-refractivity contribution in [2.45, 2.75) is 13.0 Å². The molecular weight excluding hydrogens is 192 g/mol. The van der Waals surface area contributed by atoms with E-state index in [1.807, 2.05) is 0 Å². The second-order valence-electron chi connectivity index (χ2n) is 2.63. The number of nitrogens with zero attached hydrogens (tertiary/aromatic N) is 2. The van der Waals surface area contributed by atoms with Crippen molar-refractivity contribution in [2.24, 2.45) is 0 Å². The number of aromatic nitrogens is 2. The number of nitrogens with one attached hydrogen (secondary N) is 1. The molecule has 1 unspecified atom stereocenters. The van der Waals surface area contributed by atoms with Crippen LogP contribution in [0, 0.1) is 0 Å². The Hall–Kier alpha value is -1.23. The van der Waals surface area contributed by atoms with E-state index in [0.29, 0.717) is 5.02 Å². The summed E-state index contributed by atoms with van der Waals surface area (Å²) in [5.41, 5.74) is 5.42. The van der Waals surface area contributed by atoms with Crippen LogP contribution in [-0.4, -0.2) is 22.7 Å². The maximum atomic E-state index is 11.2. The van der Waals surface area contributed by atoms with E-state index in [4.69, 9.17) is 17.3 Å². The molecule has 3 N–H and O–H groups in total. The van der Waals surface area contributed by atoms with Gasteiger partial charge in [0.2, 0.25) is 5.91 Å². The predicted molar refractivity (Wildman–Crippen MR) is 50.4 cm³/mol. The molecule has 0 aliphatic carbocycles. The summed E-state index contributed by atoms with van der Waals surface area (Å²) in [6, 6.07) is -0.403. The molecule has 1 atom stereocenters. The topological polar surface area (TPSA) is 72.9 Å². The Kier molecular flexibility index (Phi) is 2.77. The number of nitrogens with two attached hydrogens (primary N) is 1. The lowest BCUT2D eigenvalue weighted by atomic mass is 10.3. The first kappa shape index (κ1) is 9.85. The minimum Gasteiger partial charge on any atom is -0.381 e. The van der Waals surface area contributed by atoms with Gasteiger partial charge in [-0.25, -0.2) is 0 Å². The van der Waals surface area contributed by atoms with Crippen molar-refractivity contribution in [2.75, 3.05) is 12.8 Å². The molecule has 0 fully saturated rings. The minimum atomic E-state index is -0.403. The molecule has 1 heterocycles. The van der Waals surface area contributed by atoms with Crippen LogP contribution in [0.1, 0.15) is 13.0 Å². The van der Waals surface area contributed by atoms with Crippen LogP contribution < -0.4 is 11.1 Å². The number of anilines is 1. The molecule has 1 rings (SSSR count). The van der Waals surface area contributed by atoms with Gasteiger partial charge in [-0.15, -0.1) is 0 Å². The molecule has 6 heteroatoms. The van der Waals surface area contributed by atoms with Crippen LogP contribution in [0.3, 0.4) is 0 Å². The highest BCUT2D eigenvalue weighted by Crippen LogP contribution is 2.18. The molecule has 5 nitrogen and oxygen atoms in total. The molecule has 13 heavy (non-hydrogen) atoms. The molecule has 0 radical (unpaired) electrons. The van der Waals surface area contributed by atoms with Gasteiger partial charge in [-0.3, -0.25) is 9.48 Å². The fraction of sp³-hybridized carbons (Fsp3) is 0.429. The summed E-state index contributed by atoms with van der Waals surface area (Å²) in [6.07, 6.45) is 1.52. The average molecular weight is 203 g/mol. The summed E-state index contributed by atoms with van der Waals surface area (Å²) in [7, 11) is 1.56. The molecule has 0 bridgehead atoms. The number of carbonyl (C=O) groups is 1. The van der Waals surface area contributed by atoms with E-state index in [-0.39, 0.29) is 11.7 Å². The Morgan fingerprint density at radius 3 is 2.85 bits per heavy atom. The zero-order valence-electron chi connectivity index (χ0n) is 7.41. The first-order valence-corrected chi connectivity index (χ1v) is 4.15. The molecule has 0 saturated heterocycles. The van der Waals surface area contributed by atoms with E-state index < -0.39 is 6.04 Å². The van der Waals surface area contributed by atoms with Gasteiger partial charge < -0.3 is 11.1 Å². The molecular formula is C7H11ClN4O. The summed E-state index contributed by atoms with van der Waals surface area (Å²) in [5.74, 6) is 0.0941. The van der Waals surface area contributed by atoms with E-state index in [1.54, 1.807) is 14.0 Å². The number of nitrogen functional groups attached to an aromatic ring is 1. The van der Waals surface area contributed by atoms with Gasteiger partial charge in [-0.05, 0) is 6.92 Å². The number of rotatable bonds is 2. The smallest absolute Gasteiger partial charge is 0.244 e. The molecule has 1 aromatic heterocycles. The van der Waals surface area contributed by atoms with Gasteiger partial charge in [0, 0.05) is 13.2 Å². The Morgan fingerprint density at radius 2 is 2.46 bits per heavy atom. The lowest BCUT2D eigenvalue weighted by Crippen LogP contribution is -2.28. The zero-order valence-corrected chi connectivity index (χ0v) is 8.17. The standard InChI is InChI=1S/C7H11ClN4O/c1-4(7(13)10-2)12-3-5(8)6(9)11-12/h3-4H,1-2H3,(H2,9,11)(H,10,13). The normalized spacial score (nSPS) is 12.5. The van der Waals surface area contributed by atoms with E-state index >= 15 is 0 Å². The largest absolute Gasteiger partial charge is 0.381 e. The Morgan fingerprint density at radius 1 is 1.85 bits per heavy atom. The maximum Gasteiger partial charge on any atom is 0.244 e. The lowest BCUT2D eigenvalue weighted by molar-refractivity contribution is -0.123. The zero-order chi connectivity index (χ0) is 10.0. The minimum absolute atomic E-state index is 0.140. The molecule has 0 spiro atoms. The quantitative estimate of drug-likeness (QED) is 0.731. The second-order valence-corrected chi connectivity index (χ2v) is 3.04. The highest BCUT2D eigenvalue weighted by molar-refractivity contribution is 6.32. The molecule has 0 saturated carbocycles. The van der Waals surface area contributed by atoms with Crippen molar-refractivity contribution in [1.29, 1.82) is 0 Å². The van der Waals surface area contributed by atoms with Gasteiger partial charge in [0.25, 0.3) is 0 Å². The predicted octanol–water partition coefficient (Wildman–Crippen LogP) is 0.426. The molecule has 1 amide bonds. The van der Waals surface area contributed by atoms with E-state index in [2.05, 4.69) is 10.4 Å². The van der Waals surface area contributed by atoms with Crippen LogP contribution in [0.15, 0.2) is 6.20 Å². The fourth-order valence-corrected chi connectivity index (χ4v) is 1.05. The third kappa shape index (κ3) is 1.92. The van der Waals surface area contributed by atoms with Gasteiger partial charge in [-0.1, -0.05) is 11.6 Å². The van der Waals surface area contributed by atoms with Crippen molar-refractivity contribution in [3.63, 3.8) is 0 Å². The number of halogens is 1. The summed E-state index contributed by atoms with van der Waals surface area (Å²) < 4.78 is 1.43. The maximum absolute atomic E-state index is 11.2. The molecule has 1 aromatic rings. The summed E-state index contributed by atoms with van der Waals surface area (Å²) in [6.45, 7) is 1.71. The van der Waals surface area contributed by atoms with E-state index in [0.717, 1.165) is 0 Å². The Labute approximate surface area is 80.9 Å². The number of amides is 1. The SMILES string of the molecule is CNC(=O)C(C)n1cc(Cl)c(N)n1. The van der Waals surface area contributed by atoms with Crippen molar-refractivity contribution < 1.29 is 4.79 Å². The Bertz CT molecular complexity index is 303. The number of likely N-dealkylation sites (N-methyl/N-ethyl adjacent to an activating group) is 1. The van der Waals surface area contributed by atoms with Gasteiger partial charge >= 0.3 is 0 Å². The van der Waals surface area contributed by atoms with Crippen LogP contribution in [0.25, 0.3) is 0 Å². The van der Waals surface area contributed by atoms with Crippen LogP contribution in [0.5, 0.6) is 0 Å². The second kappa shape index (κ2) is 3.66. The van der Waals surface area contributed by atoms with Crippen molar-refractivity contribution in [1.82, 2.24) is 15.1 Å². The molecule has 0 aliphatic heterocycles. The van der Waals surface area contributed by atoms with Crippen LogP contribution in [0.2, 0.25) is 5.02 Å². The molecule has 72 valence electrons. The van der Waals surface area contributed by atoms with Crippen molar-refractivity contribution in [3.8, 4) is 0 Å². The third-order valence-corrected chi connectivity index (χ3v) is 2.03. The van der Waals surface area contributed by atoms with E-state index in [9.17, 15) is 4.79 Å². The first-order valence-electron chi connectivity index (χ1n) is 3.78. The van der Waals surface area contributed by atoms with Gasteiger partial charge in [0.05, 0.1) is 0 Å². The summed E-state index contributed by atoms with van der Waals surface area (Å²) in [4.78, 5) is 11.2. The van der Waals surface area contributed by atoms with Crippen LogP contribution >= 0.6 is 11.6 Å². The number of carbonyl (C=O) groups excluding carboxylic acids is 1. The highest BCUT2D eigenvalue weighted by Gasteiger charge is 2.15. The Balaban J connectivity index is 2.89. The molecule has 0 aliphatic rings. The van der Waals surface area contributed by atoms with Crippen LogP contribution in [0.4, 0.5) is 5.82 Å². The first-order chi connectivity index (χ1) is 6.06. The van der Waals surface area contributed by atoms with Crippen LogP contribution in [-0.2, 0) is 4.79 Å². The van der Waals surface area contributed by atoms with Gasteiger partial charge in [0.1, 0.15) is 11.1 Å². The monoisotopic (exact) mass is 202 g/mol. The third-order valence-electron chi connectivity index (χ3n) is 1.74. The average Bonchev–Trinajstić information content (AvgIpc) is 2.44.